The van der Waals surface area contributed by atoms with E-state index in [0.29, 0.717) is 18.5 Å². The Labute approximate surface area is 140 Å². The zero-order valence-corrected chi connectivity index (χ0v) is 14.8. The van der Waals surface area contributed by atoms with Gasteiger partial charge in [-0.25, -0.2) is 0 Å². The molecule has 1 aromatic rings. The summed E-state index contributed by atoms with van der Waals surface area (Å²) in [5.74, 6) is 0.485. The number of amides is 1. The molecule has 1 fully saturated rings. The van der Waals surface area contributed by atoms with Gasteiger partial charge >= 0.3 is 0 Å². The van der Waals surface area contributed by atoms with Crippen molar-refractivity contribution in [2.24, 2.45) is 0 Å². The van der Waals surface area contributed by atoms with Crippen LogP contribution >= 0.6 is 12.4 Å². The van der Waals surface area contributed by atoms with Gasteiger partial charge in [0.1, 0.15) is 0 Å². The number of carbonyl (C=O) groups excluding carboxylic acids is 1. The Hall–Kier alpha value is -1.10. The van der Waals surface area contributed by atoms with Crippen molar-refractivity contribution in [2.45, 2.75) is 39.7 Å². The van der Waals surface area contributed by atoms with Gasteiger partial charge in [-0.3, -0.25) is 9.69 Å². The van der Waals surface area contributed by atoms with Crippen LogP contribution in [-0.2, 0) is 4.79 Å². The predicted octanol–water partition coefficient (Wildman–Crippen LogP) is 2.77. The van der Waals surface area contributed by atoms with Crippen LogP contribution in [0.3, 0.4) is 0 Å². The van der Waals surface area contributed by atoms with E-state index in [0.717, 1.165) is 30.9 Å². The monoisotopic (exact) mass is 325 g/mol. The molecule has 5 heteroatoms. The number of carbonyl (C=O) groups is 1. The zero-order chi connectivity index (χ0) is 15.4. The van der Waals surface area contributed by atoms with E-state index in [1.807, 2.05) is 0 Å². The van der Waals surface area contributed by atoms with Gasteiger partial charge in [-0.2, -0.15) is 0 Å². The first-order chi connectivity index (χ1) is 9.99. The van der Waals surface area contributed by atoms with E-state index in [1.54, 1.807) is 0 Å². The molecule has 0 saturated carbocycles. The smallest absolute Gasteiger partial charge is 0.238 e. The van der Waals surface area contributed by atoms with Gasteiger partial charge in [0.2, 0.25) is 5.91 Å². The maximum absolute atomic E-state index is 12.4. The van der Waals surface area contributed by atoms with Gasteiger partial charge < -0.3 is 10.6 Å². The zero-order valence-electron chi connectivity index (χ0n) is 14.0. The minimum atomic E-state index is 0. The third-order valence-corrected chi connectivity index (χ3v) is 4.18. The van der Waals surface area contributed by atoms with Crippen molar-refractivity contribution < 1.29 is 4.79 Å². The number of benzene rings is 1. The summed E-state index contributed by atoms with van der Waals surface area (Å²) in [6, 6.07) is 6.61. The Kier molecular flexibility index (Phi) is 7.33. The van der Waals surface area contributed by atoms with Crippen LogP contribution in [0.5, 0.6) is 0 Å². The molecule has 22 heavy (non-hydrogen) atoms. The van der Waals surface area contributed by atoms with E-state index in [-0.39, 0.29) is 18.3 Å². The van der Waals surface area contributed by atoms with Crippen molar-refractivity contribution in [1.29, 1.82) is 0 Å². The van der Waals surface area contributed by atoms with Gasteiger partial charge in [0.25, 0.3) is 0 Å². The minimum Gasteiger partial charge on any atom is -0.324 e. The van der Waals surface area contributed by atoms with Crippen molar-refractivity contribution in [3.05, 3.63) is 29.3 Å². The first kappa shape index (κ1) is 18.9. The third-order valence-electron chi connectivity index (χ3n) is 4.18. The molecule has 4 nitrogen and oxygen atoms in total. The number of hydrogen-bond acceptors (Lipinski definition) is 3. The molecular formula is C17H28ClN3O. The summed E-state index contributed by atoms with van der Waals surface area (Å²) in [4.78, 5) is 14.6. The number of aryl methyl sites for hydroxylation is 1. The number of nitrogens with zero attached hydrogens (tertiary/aromatic N) is 1. The number of rotatable bonds is 4. The van der Waals surface area contributed by atoms with E-state index in [9.17, 15) is 4.79 Å². The second-order valence-electron chi connectivity index (χ2n) is 6.27. The van der Waals surface area contributed by atoms with Gasteiger partial charge in [0, 0.05) is 31.4 Å². The quantitative estimate of drug-likeness (QED) is 0.894. The summed E-state index contributed by atoms with van der Waals surface area (Å²) in [6.45, 7) is 11.8. The molecule has 1 aliphatic rings. The molecule has 0 bridgehead atoms. The van der Waals surface area contributed by atoms with Crippen LogP contribution in [0.15, 0.2) is 18.2 Å². The predicted molar refractivity (Wildman–Crippen MR) is 95.1 cm³/mol. The minimum absolute atomic E-state index is 0. The molecule has 0 unspecified atom stereocenters. The average molecular weight is 326 g/mol. The third kappa shape index (κ3) is 4.70. The highest BCUT2D eigenvalue weighted by molar-refractivity contribution is 5.94. The summed E-state index contributed by atoms with van der Waals surface area (Å²) in [7, 11) is 0. The van der Waals surface area contributed by atoms with Gasteiger partial charge in [-0.15, -0.1) is 12.4 Å². The SMILES string of the molecule is Cc1cccc(C(C)C)c1NC(=O)CN1CCNC[C@H]1C.Cl. The van der Waals surface area contributed by atoms with E-state index in [4.69, 9.17) is 0 Å². The van der Waals surface area contributed by atoms with Gasteiger partial charge in [0.05, 0.1) is 6.54 Å². The average Bonchev–Trinajstić information content (AvgIpc) is 2.43. The fourth-order valence-electron chi connectivity index (χ4n) is 2.82. The topological polar surface area (TPSA) is 44.4 Å². The van der Waals surface area contributed by atoms with Gasteiger partial charge in [-0.05, 0) is 30.9 Å². The fourth-order valence-corrected chi connectivity index (χ4v) is 2.82. The molecule has 0 aromatic heterocycles. The lowest BCUT2D eigenvalue weighted by Crippen LogP contribution is -2.52. The summed E-state index contributed by atoms with van der Waals surface area (Å²) < 4.78 is 0. The molecule has 1 heterocycles. The Bertz CT molecular complexity index is 505. The molecule has 124 valence electrons. The molecule has 1 amide bonds. The van der Waals surface area contributed by atoms with Gasteiger partial charge in [0.15, 0.2) is 0 Å². The van der Waals surface area contributed by atoms with Crippen LogP contribution in [0.4, 0.5) is 5.69 Å². The summed E-state index contributed by atoms with van der Waals surface area (Å²) >= 11 is 0. The number of halogens is 1. The van der Waals surface area contributed by atoms with Crippen LogP contribution in [0, 0.1) is 6.92 Å². The molecule has 1 saturated heterocycles. The molecule has 0 radical (unpaired) electrons. The number of hydrogen-bond donors (Lipinski definition) is 2. The van der Waals surface area contributed by atoms with Crippen molar-refractivity contribution in [3.8, 4) is 0 Å². The second kappa shape index (κ2) is 8.51. The Morgan fingerprint density at radius 2 is 2.18 bits per heavy atom. The number of para-hydroxylation sites is 1. The lowest BCUT2D eigenvalue weighted by Gasteiger charge is -2.33. The van der Waals surface area contributed by atoms with Crippen LogP contribution in [0.25, 0.3) is 0 Å². The largest absolute Gasteiger partial charge is 0.324 e. The van der Waals surface area contributed by atoms with Crippen LogP contribution < -0.4 is 10.6 Å². The first-order valence-electron chi connectivity index (χ1n) is 7.83. The van der Waals surface area contributed by atoms with Crippen LogP contribution in [0.1, 0.15) is 37.8 Å². The number of piperazine rings is 1. The number of nitrogens with one attached hydrogen (secondary N) is 2. The first-order valence-corrected chi connectivity index (χ1v) is 7.83. The molecule has 1 atom stereocenters. The van der Waals surface area contributed by atoms with Crippen molar-refractivity contribution in [3.63, 3.8) is 0 Å². The molecule has 0 aliphatic carbocycles. The highest BCUT2D eigenvalue weighted by atomic mass is 35.5. The van der Waals surface area contributed by atoms with E-state index < -0.39 is 0 Å². The Morgan fingerprint density at radius 3 is 2.82 bits per heavy atom. The molecule has 1 aromatic carbocycles. The maximum atomic E-state index is 12.4. The van der Waals surface area contributed by atoms with Gasteiger partial charge in [-0.1, -0.05) is 32.0 Å². The summed E-state index contributed by atoms with van der Waals surface area (Å²) in [6.07, 6.45) is 0. The summed E-state index contributed by atoms with van der Waals surface area (Å²) in [5, 5.41) is 6.47. The van der Waals surface area contributed by atoms with E-state index in [1.165, 1.54) is 5.56 Å². The lowest BCUT2D eigenvalue weighted by atomic mass is 9.98. The highest BCUT2D eigenvalue weighted by Crippen LogP contribution is 2.27. The van der Waals surface area contributed by atoms with Crippen molar-refractivity contribution in [1.82, 2.24) is 10.2 Å². The van der Waals surface area contributed by atoms with E-state index >= 15 is 0 Å². The molecule has 1 aliphatic heterocycles. The number of anilines is 1. The van der Waals surface area contributed by atoms with Crippen molar-refractivity contribution in [2.75, 3.05) is 31.5 Å². The van der Waals surface area contributed by atoms with Crippen LogP contribution in [0.2, 0.25) is 0 Å². The fraction of sp³-hybridized carbons (Fsp3) is 0.588. The molecule has 0 spiro atoms. The second-order valence-corrected chi connectivity index (χ2v) is 6.27. The van der Waals surface area contributed by atoms with Crippen molar-refractivity contribution >= 4 is 24.0 Å². The lowest BCUT2D eigenvalue weighted by molar-refractivity contribution is -0.118. The maximum Gasteiger partial charge on any atom is 0.238 e. The normalized spacial score (nSPS) is 18.9. The standard InChI is InChI=1S/C17H27N3O.ClH/c1-12(2)15-7-5-6-13(3)17(15)19-16(21)11-20-9-8-18-10-14(20)4;/h5-7,12,14,18H,8-11H2,1-4H3,(H,19,21);1H/t14-;/m1./s1. The van der Waals surface area contributed by atoms with E-state index in [2.05, 4.69) is 61.4 Å². The molecule has 2 rings (SSSR count). The highest BCUT2D eigenvalue weighted by Gasteiger charge is 2.21. The van der Waals surface area contributed by atoms with Crippen LogP contribution in [-0.4, -0.2) is 43.0 Å². The Balaban J connectivity index is 0.00000242. The Morgan fingerprint density at radius 1 is 1.45 bits per heavy atom. The molecular weight excluding hydrogens is 298 g/mol. The summed E-state index contributed by atoms with van der Waals surface area (Å²) in [5.41, 5.74) is 3.32. The molecule has 2 N–H and O–H groups in total.